The molecule has 0 radical (unpaired) electrons. The van der Waals surface area contributed by atoms with Crippen molar-refractivity contribution in [1.82, 2.24) is 14.8 Å². The van der Waals surface area contributed by atoms with Gasteiger partial charge in [0.05, 0.1) is 5.56 Å². The molecule has 1 aromatic heterocycles. The van der Waals surface area contributed by atoms with E-state index in [0.29, 0.717) is 23.8 Å². The molecule has 0 saturated carbocycles. The maximum Gasteiger partial charge on any atom is 0.255 e. The Hall–Kier alpha value is -2.37. The number of aromatic nitrogens is 1. The molecule has 0 aromatic carbocycles. The summed E-state index contributed by atoms with van der Waals surface area (Å²) in [4.78, 5) is 35.2. The van der Waals surface area contributed by atoms with E-state index in [0.717, 1.165) is 70.8 Å². The number of pyridine rings is 1. The number of anilines is 1. The molecule has 0 N–H and O–H groups in total. The molecule has 0 atom stereocenters. The van der Waals surface area contributed by atoms with Gasteiger partial charge in [0.1, 0.15) is 5.82 Å². The first kappa shape index (κ1) is 18.0. The van der Waals surface area contributed by atoms with Crippen LogP contribution in [-0.2, 0) is 4.79 Å². The Morgan fingerprint density at radius 1 is 1.11 bits per heavy atom. The zero-order chi connectivity index (χ0) is 18.6. The zero-order valence-electron chi connectivity index (χ0n) is 15.8. The minimum Gasteiger partial charge on any atom is -0.353 e. The minimum atomic E-state index is 0.0725. The molecule has 0 unspecified atom stereocenters. The van der Waals surface area contributed by atoms with Crippen molar-refractivity contribution >= 4 is 17.6 Å². The number of likely N-dealkylation sites (tertiary alicyclic amines) is 2. The van der Waals surface area contributed by atoms with Crippen molar-refractivity contribution in [2.75, 3.05) is 44.2 Å². The first-order chi connectivity index (χ1) is 13.2. The number of carbonyl (C=O) groups is 2. The highest BCUT2D eigenvalue weighted by molar-refractivity contribution is 5.94. The van der Waals surface area contributed by atoms with E-state index in [-0.39, 0.29) is 5.91 Å². The molecule has 4 rings (SSSR count). The third kappa shape index (κ3) is 4.15. The van der Waals surface area contributed by atoms with Crippen LogP contribution in [0.1, 0.15) is 42.5 Å². The third-order valence-corrected chi connectivity index (χ3v) is 5.93. The van der Waals surface area contributed by atoms with Gasteiger partial charge in [-0.15, -0.1) is 0 Å². The molecule has 3 aliphatic rings. The lowest BCUT2D eigenvalue weighted by Crippen LogP contribution is -2.42. The van der Waals surface area contributed by atoms with E-state index >= 15 is 0 Å². The molecule has 3 aliphatic heterocycles. The number of hydrogen-bond donors (Lipinski definition) is 0. The van der Waals surface area contributed by atoms with E-state index in [9.17, 15) is 9.59 Å². The second-order valence-corrected chi connectivity index (χ2v) is 7.79. The van der Waals surface area contributed by atoms with Gasteiger partial charge >= 0.3 is 0 Å². The fourth-order valence-corrected chi connectivity index (χ4v) is 4.26. The number of piperidine rings is 1. The summed E-state index contributed by atoms with van der Waals surface area (Å²) in [5.41, 5.74) is 0.666. The van der Waals surface area contributed by atoms with Crippen molar-refractivity contribution in [3.05, 3.63) is 36.0 Å². The Morgan fingerprint density at radius 3 is 2.59 bits per heavy atom. The number of amides is 2. The lowest BCUT2D eigenvalue weighted by molar-refractivity contribution is -0.128. The molecule has 2 saturated heterocycles. The summed E-state index contributed by atoms with van der Waals surface area (Å²) in [5.74, 6) is 1.82. The molecule has 144 valence electrons. The SMILES string of the molecule is O=C1CCCN1CC1CCN(C(=O)c2ccc(N3CC=CCC3)nc2)CC1. The van der Waals surface area contributed by atoms with E-state index in [1.54, 1.807) is 6.20 Å². The van der Waals surface area contributed by atoms with Crippen LogP contribution in [0.2, 0.25) is 0 Å². The van der Waals surface area contributed by atoms with Crippen LogP contribution in [0.4, 0.5) is 5.82 Å². The van der Waals surface area contributed by atoms with Crippen LogP contribution in [0.25, 0.3) is 0 Å². The standard InChI is InChI=1S/C21H28N4O2/c26-20-5-4-12-25(20)16-17-8-13-24(14-9-17)21(27)18-6-7-19(22-15-18)23-10-2-1-3-11-23/h1-2,6-7,15,17H,3-5,8-14,16H2. The Balaban J connectivity index is 1.30. The summed E-state index contributed by atoms with van der Waals surface area (Å²) >= 11 is 0. The zero-order valence-corrected chi connectivity index (χ0v) is 15.8. The predicted octanol–water partition coefficient (Wildman–Crippen LogP) is 2.32. The van der Waals surface area contributed by atoms with Crippen LogP contribution < -0.4 is 4.90 Å². The summed E-state index contributed by atoms with van der Waals surface area (Å²) in [6.07, 6.45) is 10.7. The highest BCUT2D eigenvalue weighted by atomic mass is 16.2. The van der Waals surface area contributed by atoms with Gasteiger partial charge in [-0.05, 0) is 43.7 Å². The van der Waals surface area contributed by atoms with Crippen LogP contribution in [-0.4, -0.2) is 65.9 Å². The molecular formula is C21H28N4O2. The van der Waals surface area contributed by atoms with Gasteiger partial charge in [-0.2, -0.15) is 0 Å². The van der Waals surface area contributed by atoms with E-state index in [4.69, 9.17) is 0 Å². The number of hydrogen-bond acceptors (Lipinski definition) is 4. The molecule has 0 aliphatic carbocycles. The molecule has 6 heteroatoms. The van der Waals surface area contributed by atoms with Crippen molar-refractivity contribution in [2.24, 2.45) is 5.92 Å². The Kier molecular flexibility index (Phi) is 5.41. The predicted molar refractivity (Wildman–Crippen MR) is 105 cm³/mol. The molecule has 2 amide bonds. The number of rotatable bonds is 4. The minimum absolute atomic E-state index is 0.0725. The highest BCUT2D eigenvalue weighted by Gasteiger charge is 2.28. The van der Waals surface area contributed by atoms with E-state index in [2.05, 4.69) is 22.0 Å². The van der Waals surface area contributed by atoms with Gasteiger partial charge in [-0.25, -0.2) is 4.98 Å². The van der Waals surface area contributed by atoms with Crippen molar-refractivity contribution in [3.63, 3.8) is 0 Å². The van der Waals surface area contributed by atoms with Gasteiger partial charge < -0.3 is 14.7 Å². The summed E-state index contributed by atoms with van der Waals surface area (Å²) in [5, 5.41) is 0. The van der Waals surface area contributed by atoms with Crippen LogP contribution in [0.3, 0.4) is 0 Å². The molecule has 4 heterocycles. The van der Waals surface area contributed by atoms with Gasteiger partial charge in [-0.3, -0.25) is 9.59 Å². The largest absolute Gasteiger partial charge is 0.353 e. The molecule has 6 nitrogen and oxygen atoms in total. The quantitative estimate of drug-likeness (QED) is 0.766. The summed E-state index contributed by atoms with van der Waals surface area (Å²) in [7, 11) is 0. The Morgan fingerprint density at radius 2 is 1.96 bits per heavy atom. The molecule has 2 fully saturated rings. The molecule has 0 spiro atoms. The second-order valence-electron chi connectivity index (χ2n) is 7.79. The fraction of sp³-hybridized carbons (Fsp3) is 0.571. The summed E-state index contributed by atoms with van der Waals surface area (Å²) < 4.78 is 0. The average molecular weight is 368 g/mol. The smallest absolute Gasteiger partial charge is 0.255 e. The third-order valence-electron chi connectivity index (χ3n) is 5.93. The van der Waals surface area contributed by atoms with Crippen LogP contribution >= 0.6 is 0 Å². The normalized spacial score (nSPS) is 21.2. The van der Waals surface area contributed by atoms with E-state index < -0.39 is 0 Å². The molecule has 27 heavy (non-hydrogen) atoms. The summed E-state index contributed by atoms with van der Waals surface area (Å²) in [6.45, 7) is 5.16. The molecule has 1 aromatic rings. The van der Waals surface area contributed by atoms with Crippen molar-refractivity contribution < 1.29 is 9.59 Å². The first-order valence-corrected chi connectivity index (χ1v) is 10.1. The lowest BCUT2D eigenvalue weighted by Gasteiger charge is -2.34. The van der Waals surface area contributed by atoms with Gasteiger partial charge in [0, 0.05) is 51.9 Å². The summed E-state index contributed by atoms with van der Waals surface area (Å²) in [6, 6.07) is 3.86. The Labute approximate surface area is 160 Å². The van der Waals surface area contributed by atoms with Gasteiger partial charge in [-0.1, -0.05) is 12.2 Å². The van der Waals surface area contributed by atoms with Crippen molar-refractivity contribution in [3.8, 4) is 0 Å². The van der Waals surface area contributed by atoms with Gasteiger partial charge in [0.2, 0.25) is 5.91 Å². The van der Waals surface area contributed by atoms with Crippen LogP contribution in [0, 0.1) is 5.92 Å². The van der Waals surface area contributed by atoms with Gasteiger partial charge in [0.25, 0.3) is 5.91 Å². The first-order valence-electron chi connectivity index (χ1n) is 10.1. The molecular weight excluding hydrogens is 340 g/mol. The maximum absolute atomic E-state index is 12.8. The lowest BCUT2D eigenvalue weighted by atomic mass is 9.96. The average Bonchev–Trinajstić information content (AvgIpc) is 3.13. The van der Waals surface area contributed by atoms with E-state index in [1.807, 2.05) is 21.9 Å². The monoisotopic (exact) mass is 368 g/mol. The fourth-order valence-electron chi connectivity index (χ4n) is 4.26. The molecule has 0 bridgehead atoms. The van der Waals surface area contributed by atoms with Gasteiger partial charge in [0.15, 0.2) is 0 Å². The highest BCUT2D eigenvalue weighted by Crippen LogP contribution is 2.23. The van der Waals surface area contributed by atoms with E-state index in [1.165, 1.54) is 0 Å². The Bertz CT molecular complexity index is 707. The second kappa shape index (κ2) is 8.11. The van der Waals surface area contributed by atoms with Crippen LogP contribution in [0.15, 0.2) is 30.5 Å². The maximum atomic E-state index is 12.8. The number of carbonyl (C=O) groups excluding carboxylic acids is 2. The topological polar surface area (TPSA) is 56.8 Å². The van der Waals surface area contributed by atoms with Crippen molar-refractivity contribution in [2.45, 2.75) is 32.1 Å². The number of nitrogens with zero attached hydrogens (tertiary/aromatic N) is 4. The van der Waals surface area contributed by atoms with Crippen LogP contribution in [0.5, 0.6) is 0 Å². The van der Waals surface area contributed by atoms with Crippen molar-refractivity contribution in [1.29, 1.82) is 0 Å².